The molecule has 4 heteroatoms. The quantitative estimate of drug-likeness (QED) is 0.568. The molecule has 1 aromatic rings. The summed E-state index contributed by atoms with van der Waals surface area (Å²) < 4.78 is 5.30. The van der Waals surface area contributed by atoms with Crippen LogP contribution in [0.4, 0.5) is 5.69 Å². The van der Waals surface area contributed by atoms with Gasteiger partial charge >= 0.3 is 0 Å². The van der Waals surface area contributed by atoms with Gasteiger partial charge in [0.2, 0.25) is 0 Å². The number of ether oxygens (including phenoxy) is 1. The van der Waals surface area contributed by atoms with Crippen molar-refractivity contribution in [1.82, 2.24) is 5.01 Å². The zero-order valence-electron chi connectivity index (χ0n) is 8.43. The predicted octanol–water partition coefficient (Wildman–Crippen LogP) is 1.57. The molecule has 0 amide bonds. The molecule has 1 aromatic carbocycles. The molecule has 1 aliphatic heterocycles. The summed E-state index contributed by atoms with van der Waals surface area (Å²) in [5.74, 6) is 0. The molecule has 0 bridgehead atoms. The van der Waals surface area contributed by atoms with Crippen molar-refractivity contribution in [3.63, 3.8) is 0 Å². The van der Waals surface area contributed by atoms with Gasteiger partial charge in [0.25, 0.3) is 0 Å². The molecule has 0 unspecified atom stereocenters. The van der Waals surface area contributed by atoms with Gasteiger partial charge in [-0.3, -0.25) is 5.01 Å². The third-order valence-electron chi connectivity index (χ3n) is 2.36. The minimum absolute atomic E-state index is 0.750. The van der Waals surface area contributed by atoms with Crippen LogP contribution in [0.2, 0.25) is 0 Å². The summed E-state index contributed by atoms with van der Waals surface area (Å²) in [4.78, 5) is 0. The molecule has 0 N–H and O–H groups in total. The third kappa shape index (κ3) is 2.53. The number of thiocarbonyl (C=S) groups is 1. The second-order valence-corrected chi connectivity index (χ2v) is 3.49. The molecular formula is C11H13N2OS. The van der Waals surface area contributed by atoms with Crippen LogP contribution in [0, 0.1) is 0 Å². The molecule has 15 heavy (non-hydrogen) atoms. The number of anilines is 1. The van der Waals surface area contributed by atoms with E-state index in [0.717, 1.165) is 32.0 Å². The Morgan fingerprint density at radius 3 is 2.47 bits per heavy atom. The van der Waals surface area contributed by atoms with Crippen LogP contribution < -0.4 is 5.01 Å². The van der Waals surface area contributed by atoms with Crippen molar-refractivity contribution >= 4 is 23.4 Å². The lowest BCUT2D eigenvalue weighted by atomic mass is 10.3. The SMILES string of the molecule is S=[C]N(c1ccccc1)N1CCOCC1. The van der Waals surface area contributed by atoms with Gasteiger partial charge in [-0.2, -0.15) is 0 Å². The summed E-state index contributed by atoms with van der Waals surface area (Å²) in [6, 6.07) is 10.0. The normalized spacial score (nSPS) is 17.3. The summed E-state index contributed by atoms with van der Waals surface area (Å²) in [7, 11) is 0. The van der Waals surface area contributed by atoms with Crippen molar-refractivity contribution in [2.75, 3.05) is 31.3 Å². The van der Waals surface area contributed by atoms with Crippen LogP contribution in [0.25, 0.3) is 0 Å². The van der Waals surface area contributed by atoms with Gasteiger partial charge in [-0.15, -0.1) is 0 Å². The Hall–Kier alpha value is -0.970. The lowest BCUT2D eigenvalue weighted by molar-refractivity contribution is 0.0402. The van der Waals surface area contributed by atoms with Crippen LogP contribution >= 0.6 is 12.2 Å². The molecule has 1 radical (unpaired) electrons. The minimum Gasteiger partial charge on any atom is -0.379 e. The van der Waals surface area contributed by atoms with Crippen LogP contribution in [0.3, 0.4) is 0 Å². The Kier molecular flexibility index (Phi) is 3.66. The monoisotopic (exact) mass is 221 g/mol. The van der Waals surface area contributed by atoms with Crippen molar-refractivity contribution < 1.29 is 4.74 Å². The Bertz CT molecular complexity index is 312. The van der Waals surface area contributed by atoms with Crippen molar-refractivity contribution in [2.24, 2.45) is 0 Å². The minimum atomic E-state index is 0.750. The number of nitrogens with zero attached hydrogens (tertiary/aromatic N) is 2. The van der Waals surface area contributed by atoms with E-state index in [9.17, 15) is 0 Å². The number of hydrazine groups is 1. The van der Waals surface area contributed by atoms with E-state index in [1.165, 1.54) is 0 Å². The van der Waals surface area contributed by atoms with Crippen LogP contribution in [0.15, 0.2) is 30.3 Å². The first-order chi connectivity index (χ1) is 7.42. The largest absolute Gasteiger partial charge is 0.379 e. The van der Waals surface area contributed by atoms with E-state index in [4.69, 9.17) is 17.0 Å². The highest BCUT2D eigenvalue weighted by atomic mass is 32.1. The maximum Gasteiger partial charge on any atom is 0.157 e. The summed E-state index contributed by atoms with van der Waals surface area (Å²) >= 11 is 4.93. The second-order valence-electron chi connectivity index (χ2n) is 3.30. The molecule has 79 valence electrons. The highest BCUT2D eigenvalue weighted by Gasteiger charge is 2.17. The fourth-order valence-electron chi connectivity index (χ4n) is 1.60. The van der Waals surface area contributed by atoms with Crippen molar-refractivity contribution in [2.45, 2.75) is 0 Å². The van der Waals surface area contributed by atoms with E-state index >= 15 is 0 Å². The van der Waals surface area contributed by atoms with Crippen LogP contribution in [0.5, 0.6) is 0 Å². The van der Waals surface area contributed by atoms with E-state index in [1.807, 2.05) is 35.3 Å². The molecule has 0 spiro atoms. The van der Waals surface area contributed by atoms with Crippen LogP contribution in [-0.4, -0.2) is 36.8 Å². The molecule has 0 saturated carbocycles. The third-order valence-corrected chi connectivity index (χ3v) is 2.53. The fraction of sp³-hybridized carbons (Fsp3) is 0.364. The highest BCUT2D eigenvalue weighted by molar-refractivity contribution is 7.79. The smallest absolute Gasteiger partial charge is 0.157 e. The summed E-state index contributed by atoms with van der Waals surface area (Å²) in [6.07, 6.45) is 0. The molecule has 1 saturated heterocycles. The van der Waals surface area contributed by atoms with Gasteiger partial charge in [0.15, 0.2) is 5.49 Å². The molecule has 1 heterocycles. The molecule has 0 aromatic heterocycles. The van der Waals surface area contributed by atoms with Gasteiger partial charge in [0.05, 0.1) is 18.9 Å². The van der Waals surface area contributed by atoms with Gasteiger partial charge < -0.3 is 4.74 Å². The average molecular weight is 221 g/mol. The Morgan fingerprint density at radius 2 is 1.87 bits per heavy atom. The predicted molar refractivity (Wildman–Crippen MR) is 63.9 cm³/mol. The summed E-state index contributed by atoms with van der Waals surface area (Å²) in [5, 5.41) is 4.03. The summed E-state index contributed by atoms with van der Waals surface area (Å²) in [5.41, 5.74) is 3.83. The zero-order valence-corrected chi connectivity index (χ0v) is 9.24. The second kappa shape index (κ2) is 5.21. The first-order valence-electron chi connectivity index (χ1n) is 4.97. The number of para-hydroxylation sites is 1. The van der Waals surface area contributed by atoms with E-state index < -0.39 is 0 Å². The average Bonchev–Trinajstić information content (AvgIpc) is 2.33. The number of hydrogen-bond donors (Lipinski definition) is 0. The van der Waals surface area contributed by atoms with Crippen molar-refractivity contribution in [3.05, 3.63) is 30.3 Å². The molecule has 0 aliphatic carbocycles. The van der Waals surface area contributed by atoms with Crippen LogP contribution in [-0.2, 0) is 4.74 Å². The number of morpholine rings is 1. The fourth-order valence-corrected chi connectivity index (χ4v) is 1.82. The topological polar surface area (TPSA) is 15.7 Å². The van der Waals surface area contributed by atoms with Crippen molar-refractivity contribution in [3.8, 4) is 0 Å². The van der Waals surface area contributed by atoms with Gasteiger partial charge in [0.1, 0.15) is 0 Å². The summed E-state index contributed by atoms with van der Waals surface area (Å²) in [6.45, 7) is 3.22. The standard InChI is InChI=1S/C11H13N2OS/c15-10-13(11-4-2-1-3-5-11)12-6-8-14-9-7-12/h1-5H,6-9H2. The van der Waals surface area contributed by atoms with E-state index in [2.05, 4.69) is 10.5 Å². The van der Waals surface area contributed by atoms with Crippen molar-refractivity contribution in [1.29, 1.82) is 0 Å². The maximum atomic E-state index is 5.30. The number of hydrogen-bond acceptors (Lipinski definition) is 3. The van der Waals surface area contributed by atoms with E-state index in [1.54, 1.807) is 0 Å². The van der Waals surface area contributed by atoms with Gasteiger partial charge in [0, 0.05) is 13.1 Å². The Labute approximate surface area is 95.2 Å². The molecule has 3 nitrogen and oxygen atoms in total. The van der Waals surface area contributed by atoms with E-state index in [-0.39, 0.29) is 0 Å². The maximum absolute atomic E-state index is 5.30. The lowest BCUT2D eigenvalue weighted by Crippen LogP contribution is -2.48. The molecule has 2 rings (SSSR count). The Morgan fingerprint density at radius 1 is 1.20 bits per heavy atom. The van der Waals surface area contributed by atoms with Gasteiger partial charge in [-0.05, 0) is 12.1 Å². The molecular weight excluding hydrogens is 208 g/mol. The number of rotatable bonds is 3. The molecule has 0 atom stereocenters. The lowest BCUT2D eigenvalue weighted by Gasteiger charge is -2.35. The first kappa shape index (κ1) is 10.5. The number of benzene rings is 1. The van der Waals surface area contributed by atoms with Crippen LogP contribution in [0.1, 0.15) is 0 Å². The van der Waals surface area contributed by atoms with Gasteiger partial charge in [-0.25, -0.2) is 5.01 Å². The molecule has 1 fully saturated rings. The first-order valence-corrected chi connectivity index (χ1v) is 5.38. The van der Waals surface area contributed by atoms with Gasteiger partial charge in [-0.1, -0.05) is 30.4 Å². The van der Waals surface area contributed by atoms with E-state index in [0.29, 0.717) is 0 Å². The molecule has 1 aliphatic rings. The highest BCUT2D eigenvalue weighted by Crippen LogP contribution is 2.15. The Balaban J connectivity index is 2.12. The zero-order chi connectivity index (χ0) is 10.5.